The molecule has 1 saturated carbocycles. The van der Waals surface area contributed by atoms with E-state index >= 15 is 0 Å². The van der Waals surface area contributed by atoms with E-state index in [1.807, 2.05) is 0 Å². The fraction of sp³-hybridized carbons (Fsp3) is 0.625. The largest absolute Gasteiger partial charge is 0.375 e. The molecule has 0 saturated heterocycles. The van der Waals surface area contributed by atoms with Crippen molar-refractivity contribution in [3.8, 4) is 0 Å². The Balaban J connectivity index is 1.80. The minimum absolute atomic E-state index is 0.631. The molecule has 1 aromatic carbocycles. The van der Waals surface area contributed by atoms with Crippen molar-refractivity contribution in [1.29, 1.82) is 0 Å². The molecule has 1 aliphatic rings. The molecule has 1 aliphatic carbocycles. The van der Waals surface area contributed by atoms with Gasteiger partial charge in [0.2, 0.25) is 0 Å². The highest BCUT2D eigenvalue weighted by molar-refractivity contribution is 5.46. The monoisotopic (exact) mass is 246 g/mol. The first-order chi connectivity index (χ1) is 8.79. The van der Waals surface area contributed by atoms with Gasteiger partial charge in [-0.2, -0.15) is 0 Å². The van der Waals surface area contributed by atoms with Gasteiger partial charge in [0.1, 0.15) is 0 Å². The van der Waals surface area contributed by atoms with Crippen LogP contribution in [0.2, 0.25) is 0 Å². The van der Waals surface area contributed by atoms with Gasteiger partial charge in [0.25, 0.3) is 0 Å². The van der Waals surface area contributed by atoms with Gasteiger partial charge >= 0.3 is 0 Å². The summed E-state index contributed by atoms with van der Waals surface area (Å²) >= 11 is 0. The van der Waals surface area contributed by atoms with E-state index in [2.05, 4.69) is 36.2 Å². The summed E-state index contributed by atoms with van der Waals surface area (Å²) in [6, 6.07) is 8.63. The van der Waals surface area contributed by atoms with Crippen LogP contribution in [0, 0.1) is 5.92 Å². The minimum Gasteiger partial charge on any atom is -0.375 e. The second kappa shape index (κ2) is 6.79. The lowest BCUT2D eigenvalue weighted by Gasteiger charge is -2.25. The lowest BCUT2D eigenvalue weighted by Crippen LogP contribution is -2.21. The predicted molar refractivity (Wildman–Crippen MR) is 78.8 cm³/mol. The van der Waals surface area contributed by atoms with Gasteiger partial charge in [-0.1, -0.05) is 44.2 Å². The van der Waals surface area contributed by atoms with Crippen LogP contribution in [-0.2, 0) is 6.54 Å². The van der Waals surface area contributed by atoms with E-state index in [9.17, 15) is 0 Å². The van der Waals surface area contributed by atoms with Crippen molar-refractivity contribution in [2.45, 2.75) is 45.1 Å². The van der Waals surface area contributed by atoms with Crippen LogP contribution in [0.25, 0.3) is 0 Å². The molecule has 0 bridgehead atoms. The molecular formula is C16H26N2. The summed E-state index contributed by atoms with van der Waals surface area (Å²) in [5.41, 5.74) is 8.13. The fourth-order valence-corrected chi connectivity index (χ4v) is 2.87. The van der Waals surface area contributed by atoms with Crippen LogP contribution in [0.1, 0.15) is 44.1 Å². The number of rotatable bonds is 5. The van der Waals surface area contributed by atoms with Crippen molar-refractivity contribution < 1.29 is 0 Å². The first kappa shape index (κ1) is 13.4. The van der Waals surface area contributed by atoms with Crippen molar-refractivity contribution >= 4 is 5.69 Å². The Morgan fingerprint density at radius 3 is 2.39 bits per heavy atom. The third kappa shape index (κ3) is 3.74. The molecule has 18 heavy (non-hydrogen) atoms. The zero-order valence-corrected chi connectivity index (χ0v) is 11.6. The number of nitrogens with zero attached hydrogens (tertiary/aromatic N) is 1. The van der Waals surface area contributed by atoms with E-state index in [-0.39, 0.29) is 0 Å². The third-order valence-corrected chi connectivity index (χ3v) is 4.21. The Morgan fingerprint density at radius 1 is 1.11 bits per heavy atom. The lowest BCUT2D eigenvalue weighted by atomic mass is 9.87. The van der Waals surface area contributed by atoms with Crippen LogP contribution < -0.4 is 10.6 Å². The third-order valence-electron chi connectivity index (χ3n) is 4.21. The van der Waals surface area contributed by atoms with Crippen LogP contribution in [0.5, 0.6) is 0 Å². The highest BCUT2D eigenvalue weighted by atomic mass is 15.1. The summed E-state index contributed by atoms with van der Waals surface area (Å²) in [5.74, 6) is 0.963. The summed E-state index contributed by atoms with van der Waals surface area (Å²) < 4.78 is 0. The molecule has 0 amide bonds. The van der Waals surface area contributed by atoms with Crippen LogP contribution in [0.4, 0.5) is 5.69 Å². The number of hydrogen-bond donors (Lipinski definition) is 1. The molecule has 0 aromatic heterocycles. The maximum atomic E-state index is 5.62. The molecule has 0 aliphatic heterocycles. The van der Waals surface area contributed by atoms with Crippen molar-refractivity contribution in [3.05, 3.63) is 29.8 Å². The fourth-order valence-electron chi connectivity index (χ4n) is 2.87. The molecule has 100 valence electrons. The SMILES string of the molecule is CN(CCC1CCCCC1)c1ccc(CN)cc1. The first-order valence-electron chi connectivity index (χ1n) is 7.29. The highest BCUT2D eigenvalue weighted by Crippen LogP contribution is 2.27. The van der Waals surface area contributed by atoms with E-state index in [1.165, 1.54) is 56.3 Å². The summed E-state index contributed by atoms with van der Waals surface area (Å²) in [7, 11) is 2.19. The number of anilines is 1. The first-order valence-corrected chi connectivity index (χ1v) is 7.29. The molecule has 2 nitrogen and oxygen atoms in total. The Morgan fingerprint density at radius 2 is 1.78 bits per heavy atom. The van der Waals surface area contributed by atoms with E-state index in [0.29, 0.717) is 6.54 Å². The Hall–Kier alpha value is -1.02. The van der Waals surface area contributed by atoms with Crippen LogP contribution >= 0.6 is 0 Å². The maximum absolute atomic E-state index is 5.62. The molecule has 0 heterocycles. The second-order valence-electron chi connectivity index (χ2n) is 5.58. The smallest absolute Gasteiger partial charge is 0.0363 e. The van der Waals surface area contributed by atoms with Gasteiger partial charge in [0.15, 0.2) is 0 Å². The molecule has 2 heteroatoms. The lowest BCUT2D eigenvalue weighted by molar-refractivity contribution is 0.341. The summed E-state index contributed by atoms with van der Waals surface area (Å²) in [4.78, 5) is 2.37. The second-order valence-corrected chi connectivity index (χ2v) is 5.58. The zero-order valence-electron chi connectivity index (χ0n) is 11.6. The van der Waals surface area contributed by atoms with Gasteiger partial charge in [0.05, 0.1) is 0 Å². The minimum atomic E-state index is 0.631. The van der Waals surface area contributed by atoms with E-state index in [1.54, 1.807) is 0 Å². The summed E-state index contributed by atoms with van der Waals surface area (Å²) in [6.45, 7) is 1.80. The molecular weight excluding hydrogens is 220 g/mol. The van der Waals surface area contributed by atoms with Crippen molar-refractivity contribution in [3.63, 3.8) is 0 Å². The molecule has 0 atom stereocenters. The molecule has 2 N–H and O–H groups in total. The average Bonchev–Trinajstić information content (AvgIpc) is 2.46. The van der Waals surface area contributed by atoms with Crippen LogP contribution in [0.15, 0.2) is 24.3 Å². The van der Waals surface area contributed by atoms with E-state index in [0.717, 1.165) is 5.92 Å². The summed E-state index contributed by atoms with van der Waals surface area (Å²) in [6.07, 6.45) is 8.57. The van der Waals surface area contributed by atoms with Crippen molar-refractivity contribution in [2.75, 3.05) is 18.5 Å². The van der Waals surface area contributed by atoms with Crippen molar-refractivity contribution in [2.24, 2.45) is 11.7 Å². The molecule has 2 rings (SSSR count). The normalized spacial score (nSPS) is 16.8. The Kier molecular flexibility index (Phi) is 5.06. The van der Waals surface area contributed by atoms with Gasteiger partial charge in [-0.05, 0) is 30.0 Å². The molecule has 0 spiro atoms. The number of nitrogens with two attached hydrogens (primary N) is 1. The van der Waals surface area contributed by atoms with Gasteiger partial charge in [0, 0.05) is 25.8 Å². The summed E-state index contributed by atoms with van der Waals surface area (Å²) in [5, 5.41) is 0. The van der Waals surface area contributed by atoms with Crippen LogP contribution in [-0.4, -0.2) is 13.6 Å². The zero-order chi connectivity index (χ0) is 12.8. The standard InChI is InChI=1S/C16H26N2/c1-18(12-11-14-5-3-2-4-6-14)16-9-7-15(13-17)8-10-16/h7-10,14H,2-6,11-13,17H2,1H3. The van der Waals surface area contributed by atoms with Gasteiger partial charge < -0.3 is 10.6 Å². The topological polar surface area (TPSA) is 29.3 Å². The van der Waals surface area contributed by atoms with Gasteiger partial charge in [-0.3, -0.25) is 0 Å². The van der Waals surface area contributed by atoms with Gasteiger partial charge in [-0.25, -0.2) is 0 Å². The highest BCUT2D eigenvalue weighted by Gasteiger charge is 2.13. The molecule has 0 unspecified atom stereocenters. The number of benzene rings is 1. The molecule has 1 aromatic rings. The Bertz CT molecular complexity index is 339. The van der Waals surface area contributed by atoms with Crippen molar-refractivity contribution in [1.82, 2.24) is 0 Å². The van der Waals surface area contributed by atoms with Crippen LogP contribution in [0.3, 0.4) is 0 Å². The maximum Gasteiger partial charge on any atom is 0.0363 e. The number of hydrogen-bond acceptors (Lipinski definition) is 2. The average molecular weight is 246 g/mol. The molecule has 0 radical (unpaired) electrons. The quantitative estimate of drug-likeness (QED) is 0.861. The molecule has 1 fully saturated rings. The predicted octanol–water partition coefficient (Wildman–Crippen LogP) is 3.55. The Labute approximate surface area is 111 Å². The van der Waals surface area contributed by atoms with Gasteiger partial charge in [-0.15, -0.1) is 0 Å². The van der Waals surface area contributed by atoms with E-state index in [4.69, 9.17) is 5.73 Å². The van der Waals surface area contributed by atoms with E-state index < -0.39 is 0 Å².